The molecule has 1 saturated heterocycles. The third kappa shape index (κ3) is 3.39. The van der Waals surface area contributed by atoms with Crippen molar-refractivity contribution in [2.75, 3.05) is 13.1 Å². The van der Waals surface area contributed by atoms with Gasteiger partial charge in [0.1, 0.15) is 11.6 Å². The molecule has 81 valence electrons. The fourth-order valence-electron chi connectivity index (χ4n) is 1.52. The fourth-order valence-corrected chi connectivity index (χ4v) is 1.52. The highest BCUT2D eigenvalue weighted by Crippen LogP contribution is 2.19. The monoisotopic (exact) mass is 205 g/mol. The molecule has 0 saturated carbocycles. The second-order valence-corrected chi connectivity index (χ2v) is 4.86. The number of nitriles is 1. The molecule has 0 atom stereocenters. The van der Waals surface area contributed by atoms with Crippen LogP contribution in [-0.2, 0) is 4.79 Å². The van der Waals surface area contributed by atoms with Gasteiger partial charge in [-0.25, -0.2) is 0 Å². The van der Waals surface area contributed by atoms with E-state index in [4.69, 9.17) is 5.26 Å². The first kappa shape index (κ1) is 11.8. The van der Waals surface area contributed by atoms with Crippen LogP contribution in [0.5, 0.6) is 0 Å². The van der Waals surface area contributed by atoms with Gasteiger partial charge in [0.25, 0.3) is 5.91 Å². The number of hydrogen-bond donors (Lipinski definition) is 0. The molecule has 1 aliphatic heterocycles. The van der Waals surface area contributed by atoms with Crippen LogP contribution in [0.15, 0.2) is 11.6 Å². The molecule has 3 heteroatoms. The number of allylic oxidation sites excluding steroid dienone is 1. The van der Waals surface area contributed by atoms with Crippen LogP contribution >= 0.6 is 0 Å². The summed E-state index contributed by atoms with van der Waals surface area (Å²) in [5, 5.41) is 8.94. The van der Waals surface area contributed by atoms with E-state index in [1.165, 1.54) is 0 Å². The second kappa shape index (κ2) is 4.48. The predicted molar refractivity (Wildman–Crippen MR) is 58.6 cm³/mol. The van der Waals surface area contributed by atoms with Crippen molar-refractivity contribution < 1.29 is 4.79 Å². The van der Waals surface area contributed by atoms with Gasteiger partial charge in [-0.05, 0) is 18.3 Å². The zero-order valence-electron chi connectivity index (χ0n) is 9.58. The maximum Gasteiger partial charge on any atom is 0.264 e. The molecule has 1 aliphatic rings. The smallest absolute Gasteiger partial charge is 0.264 e. The molecule has 0 unspecified atom stereocenters. The van der Waals surface area contributed by atoms with Crippen LogP contribution in [0.3, 0.4) is 0 Å². The van der Waals surface area contributed by atoms with E-state index in [0.717, 1.165) is 13.0 Å². The molecule has 0 bridgehead atoms. The Labute approximate surface area is 91.4 Å². The van der Waals surface area contributed by atoms with E-state index in [0.29, 0.717) is 6.54 Å². The molecule has 1 amide bonds. The van der Waals surface area contributed by atoms with Crippen LogP contribution in [0.2, 0.25) is 0 Å². The lowest BCUT2D eigenvalue weighted by Gasteiger charge is -2.17. The summed E-state index contributed by atoms with van der Waals surface area (Å²) in [6.45, 7) is 7.35. The Morgan fingerprint density at radius 2 is 2.20 bits per heavy atom. The van der Waals surface area contributed by atoms with Crippen LogP contribution in [-0.4, -0.2) is 23.9 Å². The van der Waals surface area contributed by atoms with Gasteiger partial charge >= 0.3 is 0 Å². The summed E-state index contributed by atoms with van der Waals surface area (Å²) in [6.07, 6.45) is 4.73. The minimum Gasteiger partial charge on any atom is -0.338 e. The molecule has 0 aromatic rings. The lowest BCUT2D eigenvalue weighted by Crippen LogP contribution is -2.29. The molecule has 15 heavy (non-hydrogen) atoms. The molecule has 1 heterocycles. The van der Waals surface area contributed by atoms with Crippen molar-refractivity contribution >= 4 is 5.91 Å². The molecule has 0 aromatic heterocycles. The number of rotatable bonds is 1. The third-order valence-electron chi connectivity index (χ3n) is 2.17. The molecule has 1 rings (SSSR count). The minimum atomic E-state index is -0.138. The molecule has 1 radical (unpaired) electrons. The average molecular weight is 205 g/mol. The van der Waals surface area contributed by atoms with Crippen LogP contribution in [0, 0.1) is 23.2 Å². The SMILES string of the molecule is CC(C)(C)/C=C(\C#N)C(=O)N1C[CH]CC1. The van der Waals surface area contributed by atoms with E-state index in [9.17, 15) is 4.79 Å². The van der Waals surface area contributed by atoms with Crippen LogP contribution < -0.4 is 0 Å². The highest BCUT2D eigenvalue weighted by Gasteiger charge is 2.23. The van der Waals surface area contributed by atoms with Gasteiger partial charge in [-0.15, -0.1) is 0 Å². The van der Waals surface area contributed by atoms with Crippen molar-refractivity contribution in [1.82, 2.24) is 4.90 Å². The van der Waals surface area contributed by atoms with Gasteiger partial charge in [0, 0.05) is 13.1 Å². The van der Waals surface area contributed by atoms with E-state index < -0.39 is 0 Å². The van der Waals surface area contributed by atoms with Gasteiger partial charge in [-0.2, -0.15) is 5.26 Å². The lowest BCUT2D eigenvalue weighted by molar-refractivity contribution is -0.125. The number of carbonyl (C=O) groups is 1. The maximum atomic E-state index is 11.9. The molecule has 0 aromatic carbocycles. The zero-order chi connectivity index (χ0) is 11.5. The van der Waals surface area contributed by atoms with Crippen molar-refractivity contribution in [3.63, 3.8) is 0 Å². The fraction of sp³-hybridized carbons (Fsp3) is 0.583. The summed E-state index contributed by atoms with van der Waals surface area (Å²) in [4.78, 5) is 13.6. The standard InChI is InChI=1S/C12H17N2O/c1-12(2,3)8-10(9-13)11(15)14-6-4-5-7-14/h4,8H,5-7H2,1-3H3/b10-8+. The molecule has 1 fully saturated rings. The molecular weight excluding hydrogens is 188 g/mol. The third-order valence-corrected chi connectivity index (χ3v) is 2.17. The minimum absolute atomic E-state index is 0.135. The Bertz CT molecular complexity index is 311. The van der Waals surface area contributed by atoms with Gasteiger partial charge < -0.3 is 4.90 Å². The van der Waals surface area contributed by atoms with E-state index >= 15 is 0 Å². The van der Waals surface area contributed by atoms with Gasteiger partial charge in [0.05, 0.1) is 0 Å². The first-order chi connectivity index (χ1) is 6.94. The summed E-state index contributed by atoms with van der Waals surface area (Å²) >= 11 is 0. The number of carbonyl (C=O) groups excluding carboxylic acids is 1. The average Bonchev–Trinajstić information content (AvgIpc) is 2.64. The predicted octanol–water partition coefficient (Wildman–Crippen LogP) is 1.92. The van der Waals surface area contributed by atoms with E-state index in [-0.39, 0.29) is 16.9 Å². The van der Waals surface area contributed by atoms with Crippen molar-refractivity contribution in [3.05, 3.63) is 18.1 Å². The Morgan fingerprint density at radius 3 is 2.60 bits per heavy atom. The van der Waals surface area contributed by atoms with Gasteiger partial charge in [-0.1, -0.05) is 26.8 Å². The Kier molecular flexibility index (Phi) is 3.52. The first-order valence-corrected chi connectivity index (χ1v) is 5.18. The molecule has 0 aliphatic carbocycles. The van der Waals surface area contributed by atoms with Crippen molar-refractivity contribution in [2.24, 2.45) is 5.41 Å². The first-order valence-electron chi connectivity index (χ1n) is 5.18. The summed E-state index contributed by atoms with van der Waals surface area (Å²) in [7, 11) is 0. The van der Waals surface area contributed by atoms with Crippen molar-refractivity contribution in [3.8, 4) is 6.07 Å². The molecule has 0 spiro atoms. The van der Waals surface area contributed by atoms with Crippen LogP contribution in [0.1, 0.15) is 27.2 Å². The maximum absolute atomic E-state index is 11.9. The number of likely N-dealkylation sites (tertiary alicyclic amines) is 1. The van der Waals surface area contributed by atoms with Crippen molar-refractivity contribution in [2.45, 2.75) is 27.2 Å². The van der Waals surface area contributed by atoms with Crippen molar-refractivity contribution in [1.29, 1.82) is 5.26 Å². The largest absolute Gasteiger partial charge is 0.338 e. The summed E-state index contributed by atoms with van der Waals surface area (Å²) < 4.78 is 0. The normalized spacial score (nSPS) is 17.7. The van der Waals surface area contributed by atoms with E-state index in [2.05, 4.69) is 6.42 Å². The molecule has 3 nitrogen and oxygen atoms in total. The highest BCUT2D eigenvalue weighted by molar-refractivity contribution is 5.97. The van der Waals surface area contributed by atoms with E-state index in [1.807, 2.05) is 26.8 Å². The quantitative estimate of drug-likeness (QED) is 0.485. The van der Waals surface area contributed by atoms with Gasteiger partial charge in [0.2, 0.25) is 0 Å². The zero-order valence-corrected chi connectivity index (χ0v) is 9.58. The Morgan fingerprint density at radius 1 is 1.53 bits per heavy atom. The number of hydrogen-bond acceptors (Lipinski definition) is 2. The van der Waals surface area contributed by atoms with E-state index in [1.54, 1.807) is 11.0 Å². The van der Waals surface area contributed by atoms with Gasteiger partial charge in [-0.3, -0.25) is 4.79 Å². The molecule has 0 N–H and O–H groups in total. The highest BCUT2D eigenvalue weighted by atomic mass is 16.2. The van der Waals surface area contributed by atoms with Gasteiger partial charge in [0.15, 0.2) is 0 Å². The molecular formula is C12H17N2O. The number of amides is 1. The summed E-state index contributed by atoms with van der Waals surface area (Å²) in [5.41, 5.74) is 0.127. The second-order valence-electron chi connectivity index (χ2n) is 4.86. The Balaban J connectivity index is 2.80. The van der Waals surface area contributed by atoms with Crippen LogP contribution in [0.25, 0.3) is 0 Å². The Hall–Kier alpha value is -1.30. The topological polar surface area (TPSA) is 44.1 Å². The van der Waals surface area contributed by atoms with Crippen LogP contribution in [0.4, 0.5) is 0 Å². The lowest BCUT2D eigenvalue weighted by atomic mass is 9.93. The summed E-state index contributed by atoms with van der Waals surface area (Å²) in [6, 6.07) is 1.99. The number of nitrogens with zero attached hydrogens (tertiary/aromatic N) is 2. The summed E-state index contributed by atoms with van der Waals surface area (Å²) in [5.74, 6) is -0.138.